The third-order valence-electron chi connectivity index (χ3n) is 5.22. The Morgan fingerprint density at radius 3 is 2.57 bits per heavy atom. The molecule has 7 heteroatoms. The number of nitrogens with zero attached hydrogens (tertiary/aromatic N) is 1. The van der Waals surface area contributed by atoms with Crippen LogP contribution in [0.1, 0.15) is 45.4 Å². The second-order valence-corrected chi connectivity index (χ2v) is 9.45. The van der Waals surface area contributed by atoms with E-state index in [4.69, 9.17) is 0 Å². The minimum Gasteiger partial charge on any atom is -0.356 e. The number of nitrogens with one attached hydrogen (secondary N) is 2. The monoisotopic (exact) mass is 457 g/mol. The highest BCUT2D eigenvalue weighted by Crippen LogP contribution is 2.49. The van der Waals surface area contributed by atoms with E-state index in [9.17, 15) is 8.42 Å². The van der Waals surface area contributed by atoms with Crippen LogP contribution in [-0.4, -0.2) is 46.0 Å². The van der Waals surface area contributed by atoms with Crippen LogP contribution in [0.4, 0.5) is 0 Å². The van der Waals surface area contributed by atoms with Gasteiger partial charge in [0.25, 0.3) is 0 Å². The summed E-state index contributed by atoms with van der Waals surface area (Å²) in [4.78, 5) is 4.23. The summed E-state index contributed by atoms with van der Waals surface area (Å²) in [7, 11) is -1.13. The topological polar surface area (TPSA) is 70.6 Å². The van der Waals surface area contributed by atoms with Crippen LogP contribution in [0.3, 0.4) is 0 Å². The molecule has 4 atom stereocenters. The van der Waals surface area contributed by atoms with Gasteiger partial charge in [0.15, 0.2) is 5.96 Å². The highest BCUT2D eigenvalue weighted by molar-refractivity contribution is 14.0. The molecular weight excluding hydrogens is 425 g/mol. The number of sulfone groups is 1. The molecular formula is C16H32IN3O2S. The van der Waals surface area contributed by atoms with Gasteiger partial charge in [0.1, 0.15) is 9.84 Å². The molecule has 2 aliphatic carbocycles. The molecule has 2 N–H and O–H groups in total. The van der Waals surface area contributed by atoms with Crippen LogP contribution in [0.5, 0.6) is 0 Å². The molecule has 0 aromatic carbocycles. The molecule has 4 unspecified atom stereocenters. The molecule has 0 aromatic heterocycles. The Morgan fingerprint density at radius 1 is 1.30 bits per heavy atom. The smallest absolute Gasteiger partial charge is 0.191 e. The SMILES string of the molecule is CN=C(NCCC1CC2CCC1C2)NC(C)CCS(C)(=O)=O.I. The molecule has 5 nitrogen and oxygen atoms in total. The van der Waals surface area contributed by atoms with Crippen molar-refractivity contribution in [2.24, 2.45) is 22.7 Å². The standard InChI is InChI=1S/C16H31N3O2S.HI/c1-12(7-9-22(3,20)21)19-16(17-2)18-8-6-15-11-13-4-5-14(15)10-13;/h12-15H,4-11H2,1-3H3,(H2,17,18,19);1H. The molecule has 2 aliphatic rings. The van der Waals surface area contributed by atoms with Gasteiger partial charge in [-0.1, -0.05) is 6.42 Å². The quantitative estimate of drug-likeness (QED) is 0.350. The zero-order valence-corrected chi connectivity index (χ0v) is 17.7. The van der Waals surface area contributed by atoms with E-state index in [2.05, 4.69) is 15.6 Å². The maximum Gasteiger partial charge on any atom is 0.191 e. The van der Waals surface area contributed by atoms with E-state index < -0.39 is 9.84 Å². The van der Waals surface area contributed by atoms with Crippen LogP contribution >= 0.6 is 24.0 Å². The summed E-state index contributed by atoms with van der Waals surface area (Å²) in [6.07, 6.45) is 8.87. The maximum absolute atomic E-state index is 11.2. The predicted molar refractivity (Wildman–Crippen MR) is 107 cm³/mol. The fourth-order valence-corrected chi connectivity index (χ4v) is 4.78. The molecule has 0 aromatic rings. The zero-order valence-electron chi connectivity index (χ0n) is 14.5. The maximum atomic E-state index is 11.2. The molecule has 136 valence electrons. The Hall–Kier alpha value is -0.0500. The Bertz CT molecular complexity index is 496. The van der Waals surface area contributed by atoms with Crippen molar-refractivity contribution in [1.29, 1.82) is 0 Å². The van der Waals surface area contributed by atoms with Gasteiger partial charge in [-0.15, -0.1) is 24.0 Å². The first-order valence-corrected chi connectivity index (χ1v) is 10.6. The lowest BCUT2D eigenvalue weighted by Gasteiger charge is -2.23. The van der Waals surface area contributed by atoms with Crippen LogP contribution in [0.2, 0.25) is 0 Å². The summed E-state index contributed by atoms with van der Waals surface area (Å²) >= 11 is 0. The molecule has 0 spiro atoms. The molecule has 0 saturated heterocycles. The summed E-state index contributed by atoms with van der Waals surface area (Å²) in [5.74, 6) is 3.86. The van der Waals surface area contributed by atoms with Crippen molar-refractivity contribution in [3.8, 4) is 0 Å². The van der Waals surface area contributed by atoms with Gasteiger partial charge in [-0.25, -0.2) is 8.42 Å². The van der Waals surface area contributed by atoms with Gasteiger partial charge in [-0.2, -0.15) is 0 Å². The minimum atomic E-state index is -2.89. The Balaban J connectivity index is 0.00000264. The number of hydrogen-bond acceptors (Lipinski definition) is 3. The number of halogens is 1. The van der Waals surface area contributed by atoms with Gasteiger partial charge in [-0.3, -0.25) is 4.99 Å². The highest BCUT2D eigenvalue weighted by atomic mass is 127. The van der Waals surface area contributed by atoms with Crippen molar-refractivity contribution < 1.29 is 8.42 Å². The Labute approximate surface area is 158 Å². The molecule has 2 saturated carbocycles. The normalized spacial score (nSPS) is 28.3. The van der Waals surface area contributed by atoms with Crippen molar-refractivity contribution in [1.82, 2.24) is 10.6 Å². The Morgan fingerprint density at radius 2 is 2.04 bits per heavy atom. The van der Waals surface area contributed by atoms with Crippen LogP contribution in [-0.2, 0) is 9.84 Å². The van der Waals surface area contributed by atoms with Crippen LogP contribution < -0.4 is 10.6 Å². The van der Waals surface area contributed by atoms with Gasteiger partial charge in [0, 0.05) is 25.9 Å². The van der Waals surface area contributed by atoms with Crippen LogP contribution in [0.25, 0.3) is 0 Å². The van der Waals surface area contributed by atoms with Crippen molar-refractivity contribution in [3.05, 3.63) is 0 Å². The summed E-state index contributed by atoms with van der Waals surface area (Å²) in [5, 5.41) is 6.65. The molecule has 2 rings (SSSR count). The van der Waals surface area contributed by atoms with E-state index in [1.807, 2.05) is 6.92 Å². The van der Waals surface area contributed by atoms with Crippen molar-refractivity contribution in [3.63, 3.8) is 0 Å². The van der Waals surface area contributed by atoms with Crippen molar-refractivity contribution in [2.75, 3.05) is 25.6 Å². The number of rotatable bonds is 7. The third kappa shape index (κ3) is 7.15. The van der Waals surface area contributed by atoms with E-state index in [1.54, 1.807) is 7.05 Å². The summed E-state index contributed by atoms with van der Waals surface area (Å²) in [6, 6.07) is 0.100. The fourth-order valence-electron chi connectivity index (χ4n) is 4.00. The van der Waals surface area contributed by atoms with Gasteiger partial charge in [-0.05, 0) is 56.8 Å². The van der Waals surface area contributed by atoms with Gasteiger partial charge in [0.05, 0.1) is 5.75 Å². The second kappa shape index (κ2) is 9.44. The first-order valence-electron chi connectivity index (χ1n) is 8.52. The number of fused-ring (bicyclic) bond motifs is 2. The van der Waals surface area contributed by atoms with Gasteiger partial charge in [0.2, 0.25) is 0 Å². The number of guanidine groups is 1. The van der Waals surface area contributed by atoms with Gasteiger partial charge < -0.3 is 10.6 Å². The van der Waals surface area contributed by atoms with Crippen LogP contribution in [0.15, 0.2) is 4.99 Å². The first-order chi connectivity index (χ1) is 10.4. The highest BCUT2D eigenvalue weighted by Gasteiger charge is 2.38. The van der Waals surface area contributed by atoms with E-state index in [0.29, 0.717) is 6.42 Å². The predicted octanol–water partition coefficient (Wildman–Crippen LogP) is 2.42. The lowest BCUT2D eigenvalue weighted by atomic mass is 9.86. The lowest BCUT2D eigenvalue weighted by Crippen LogP contribution is -2.43. The van der Waals surface area contributed by atoms with Gasteiger partial charge >= 0.3 is 0 Å². The zero-order chi connectivity index (χ0) is 16.2. The minimum absolute atomic E-state index is 0. The summed E-state index contributed by atoms with van der Waals surface area (Å²) < 4.78 is 22.4. The Kier molecular flexibility index (Phi) is 8.61. The number of hydrogen-bond donors (Lipinski definition) is 2. The van der Waals surface area contributed by atoms with Crippen molar-refractivity contribution >= 4 is 39.8 Å². The average Bonchev–Trinajstić information content (AvgIpc) is 3.06. The van der Waals surface area contributed by atoms with Crippen LogP contribution in [0, 0.1) is 17.8 Å². The second-order valence-electron chi connectivity index (χ2n) is 7.19. The molecule has 2 bridgehead atoms. The lowest BCUT2D eigenvalue weighted by molar-refractivity contribution is 0.315. The molecule has 0 aliphatic heterocycles. The first kappa shape index (κ1) is 21.0. The average molecular weight is 457 g/mol. The van der Waals surface area contributed by atoms with E-state index in [1.165, 1.54) is 38.4 Å². The molecule has 23 heavy (non-hydrogen) atoms. The molecule has 0 radical (unpaired) electrons. The summed E-state index contributed by atoms with van der Waals surface area (Å²) in [5.41, 5.74) is 0. The fraction of sp³-hybridized carbons (Fsp3) is 0.938. The molecule has 0 heterocycles. The third-order valence-corrected chi connectivity index (χ3v) is 6.20. The largest absolute Gasteiger partial charge is 0.356 e. The van der Waals surface area contributed by atoms with Crippen molar-refractivity contribution in [2.45, 2.75) is 51.5 Å². The molecule has 2 fully saturated rings. The summed E-state index contributed by atoms with van der Waals surface area (Å²) in [6.45, 7) is 2.94. The van der Waals surface area contributed by atoms with E-state index in [0.717, 1.165) is 30.3 Å². The number of aliphatic imine (C=N–C) groups is 1. The molecule has 0 amide bonds. The van der Waals surface area contributed by atoms with E-state index >= 15 is 0 Å². The van der Waals surface area contributed by atoms with E-state index in [-0.39, 0.29) is 35.8 Å².